The molecule has 0 aliphatic carbocycles. The van der Waals surface area contributed by atoms with Crippen molar-refractivity contribution in [1.29, 1.82) is 0 Å². The molecular weight excluding hydrogens is 315 g/mol. The summed E-state index contributed by atoms with van der Waals surface area (Å²) in [7, 11) is 1.20. The third-order valence-electron chi connectivity index (χ3n) is 2.77. The highest BCUT2D eigenvalue weighted by molar-refractivity contribution is 6.30. The van der Waals surface area contributed by atoms with Crippen molar-refractivity contribution >= 4 is 23.5 Å². The molecule has 0 aromatic heterocycles. The Hall–Kier alpha value is -1.96. The maximum atomic E-state index is 12.8. The molecule has 0 heterocycles. The number of alkyl halides is 3. The molecule has 0 aliphatic heterocycles. The number of carbonyl (C=O) groups is 2. The lowest BCUT2D eigenvalue weighted by molar-refractivity contribution is -0.203. The third kappa shape index (κ3) is 3.38. The molecular formula is C12H11ClF3NO4. The van der Waals surface area contributed by atoms with E-state index in [1.807, 2.05) is 0 Å². The van der Waals surface area contributed by atoms with Gasteiger partial charge in [-0.15, -0.1) is 0 Å². The number of hydrogen-bond donors (Lipinski definition) is 2. The van der Waals surface area contributed by atoms with Crippen molar-refractivity contribution in [3.8, 4) is 5.75 Å². The Morgan fingerprint density at radius 1 is 1.33 bits per heavy atom. The zero-order valence-corrected chi connectivity index (χ0v) is 11.7. The predicted molar refractivity (Wildman–Crippen MR) is 67.6 cm³/mol. The summed E-state index contributed by atoms with van der Waals surface area (Å²) in [6, 6.07) is 3.63. The molecule has 2 N–H and O–H groups in total. The van der Waals surface area contributed by atoms with E-state index in [2.05, 4.69) is 0 Å². The van der Waals surface area contributed by atoms with Crippen molar-refractivity contribution in [2.24, 2.45) is 0 Å². The second kappa shape index (κ2) is 5.80. The number of carboxylic acid groups (broad SMARTS) is 1. The standard InChI is InChI=1S/C12H11ClF3NO4/c1-11(10(19)20,12(14,15)16)17-9(18)7-4-3-6(13)5-8(7)21-2/h3-5H,1-2H3,(H,17,18)(H,19,20). The van der Waals surface area contributed by atoms with Gasteiger partial charge in [0.15, 0.2) is 0 Å². The van der Waals surface area contributed by atoms with Crippen LogP contribution in [0.25, 0.3) is 0 Å². The fourth-order valence-electron chi connectivity index (χ4n) is 1.39. The Morgan fingerprint density at radius 3 is 2.33 bits per heavy atom. The normalized spacial score (nSPS) is 14.2. The summed E-state index contributed by atoms with van der Waals surface area (Å²) in [5.74, 6) is -3.54. The van der Waals surface area contributed by atoms with E-state index in [9.17, 15) is 22.8 Å². The van der Waals surface area contributed by atoms with E-state index in [0.29, 0.717) is 6.92 Å². The van der Waals surface area contributed by atoms with Crippen molar-refractivity contribution in [3.05, 3.63) is 28.8 Å². The van der Waals surface area contributed by atoms with E-state index >= 15 is 0 Å². The number of nitrogens with one attached hydrogen (secondary N) is 1. The topological polar surface area (TPSA) is 75.6 Å². The molecule has 0 aliphatic rings. The number of ether oxygens (including phenoxy) is 1. The molecule has 0 saturated heterocycles. The minimum atomic E-state index is -5.17. The summed E-state index contributed by atoms with van der Waals surface area (Å²) in [6.07, 6.45) is -5.17. The molecule has 9 heteroatoms. The Labute approximate surface area is 122 Å². The SMILES string of the molecule is COc1cc(Cl)ccc1C(=O)NC(C)(C(=O)O)C(F)(F)F. The highest BCUT2D eigenvalue weighted by atomic mass is 35.5. The zero-order chi connectivity index (χ0) is 16.4. The van der Waals surface area contributed by atoms with Crippen LogP contribution in [0.4, 0.5) is 13.2 Å². The first-order chi connectivity index (χ1) is 9.52. The van der Waals surface area contributed by atoms with Crippen molar-refractivity contribution in [1.82, 2.24) is 5.32 Å². The van der Waals surface area contributed by atoms with Gasteiger partial charge in [0.2, 0.25) is 5.54 Å². The number of rotatable bonds is 4. The smallest absolute Gasteiger partial charge is 0.422 e. The molecule has 1 aromatic rings. The van der Waals surface area contributed by atoms with Gasteiger partial charge < -0.3 is 15.2 Å². The van der Waals surface area contributed by atoms with Gasteiger partial charge in [0, 0.05) is 5.02 Å². The van der Waals surface area contributed by atoms with Crippen LogP contribution in [0.2, 0.25) is 5.02 Å². The van der Waals surface area contributed by atoms with Crippen LogP contribution in [0.1, 0.15) is 17.3 Å². The molecule has 0 fully saturated rings. The molecule has 116 valence electrons. The van der Waals surface area contributed by atoms with Gasteiger partial charge in [0.1, 0.15) is 5.75 Å². The third-order valence-corrected chi connectivity index (χ3v) is 3.00. The number of halogens is 4. The Bertz CT molecular complexity index is 576. The van der Waals surface area contributed by atoms with Gasteiger partial charge in [-0.25, -0.2) is 4.79 Å². The van der Waals surface area contributed by atoms with Crippen LogP contribution in [0.5, 0.6) is 5.75 Å². The van der Waals surface area contributed by atoms with Crippen molar-refractivity contribution in [2.45, 2.75) is 18.6 Å². The second-order valence-corrected chi connectivity index (χ2v) is 4.66. The minimum absolute atomic E-state index is 0.0742. The van der Waals surface area contributed by atoms with E-state index < -0.39 is 23.6 Å². The minimum Gasteiger partial charge on any atom is -0.496 e. The number of hydrogen-bond acceptors (Lipinski definition) is 3. The fraction of sp³-hybridized carbons (Fsp3) is 0.333. The summed E-state index contributed by atoms with van der Waals surface area (Å²) < 4.78 is 43.3. The summed E-state index contributed by atoms with van der Waals surface area (Å²) in [4.78, 5) is 22.8. The van der Waals surface area contributed by atoms with Gasteiger partial charge in [-0.3, -0.25) is 4.79 Å². The van der Waals surface area contributed by atoms with E-state index in [1.165, 1.54) is 24.6 Å². The van der Waals surface area contributed by atoms with Gasteiger partial charge in [-0.05, 0) is 25.1 Å². The second-order valence-electron chi connectivity index (χ2n) is 4.23. The predicted octanol–water partition coefficient (Wildman–Crippen LogP) is 2.48. The summed E-state index contributed by atoms with van der Waals surface area (Å²) in [5.41, 5.74) is -3.69. The molecule has 1 amide bonds. The van der Waals surface area contributed by atoms with E-state index in [4.69, 9.17) is 21.4 Å². The maximum Gasteiger partial charge on any atom is 0.422 e. The number of amides is 1. The molecule has 21 heavy (non-hydrogen) atoms. The van der Waals surface area contributed by atoms with Crippen LogP contribution in [0, 0.1) is 0 Å². The molecule has 0 bridgehead atoms. The number of aliphatic carboxylic acids is 1. The first kappa shape index (κ1) is 17.1. The molecule has 1 rings (SSSR count). The monoisotopic (exact) mass is 325 g/mol. The van der Waals surface area contributed by atoms with Crippen molar-refractivity contribution in [2.75, 3.05) is 7.11 Å². The van der Waals surface area contributed by atoms with Gasteiger partial charge in [-0.2, -0.15) is 13.2 Å². The van der Waals surface area contributed by atoms with Crippen LogP contribution in [0.15, 0.2) is 18.2 Å². The first-order valence-electron chi connectivity index (χ1n) is 5.49. The van der Waals surface area contributed by atoms with E-state index in [1.54, 1.807) is 0 Å². The molecule has 0 saturated carbocycles. The molecule has 1 aromatic carbocycles. The quantitative estimate of drug-likeness (QED) is 0.891. The van der Waals surface area contributed by atoms with Crippen LogP contribution in [-0.2, 0) is 4.79 Å². The highest BCUT2D eigenvalue weighted by Gasteiger charge is 2.58. The van der Waals surface area contributed by atoms with Crippen LogP contribution in [-0.4, -0.2) is 35.8 Å². The Morgan fingerprint density at radius 2 is 1.90 bits per heavy atom. The lowest BCUT2D eigenvalue weighted by Crippen LogP contribution is -2.61. The molecule has 5 nitrogen and oxygen atoms in total. The maximum absolute atomic E-state index is 12.8. The van der Waals surface area contributed by atoms with Crippen LogP contribution >= 0.6 is 11.6 Å². The van der Waals surface area contributed by atoms with Crippen LogP contribution in [0.3, 0.4) is 0 Å². The zero-order valence-electron chi connectivity index (χ0n) is 10.9. The highest BCUT2D eigenvalue weighted by Crippen LogP contribution is 2.31. The summed E-state index contributed by atoms with van der Waals surface area (Å²) in [5, 5.41) is 10.4. The van der Waals surface area contributed by atoms with Gasteiger partial charge in [-0.1, -0.05) is 11.6 Å². The fourth-order valence-corrected chi connectivity index (χ4v) is 1.55. The van der Waals surface area contributed by atoms with Gasteiger partial charge in [0.05, 0.1) is 12.7 Å². The van der Waals surface area contributed by atoms with Gasteiger partial charge >= 0.3 is 12.1 Å². The summed E-state index contributed by atoms with van der Waals surface area (Å²) in [6.45, 7) is 0.357. The molecule has 1 atom stereocenters. The first-order valence-corrected chi connectivity index (χ1v) is 5.87. The van der Waals surface area contributed by atoms with E-state index in [-0.39, 0.29) is 16.3 Å². The average Bonchev–Trinajstić information content (AvgIpc) is 2.36. The lowest BCUT2D eigenvalue weighted by Gasteiger charge is -2.28. The molecule has 0 radical (unpaired) electrons. The Balaban J connectivity index is 3.18. The summed E-state index contributed by atoms with van der Waals surface area (Å²) >= 11 is 5.67. The van der Waals surface area contributed by atoms with E-state index in [0.717, 1.165) is 6.07 Å². The van der Waals surface area contributed by atoms with Gasteiger partial charge in [0.25, 0.3) is 5.91 Å². The largest absolute Gasteiger partial charge is 0.496 e. The molecule has 1 unspecified atom stereocenters. The molecule has 0 spiro atoms. The van der Waals surface area contributed by atoms with Crippen LogP contribution < -0.4 is 10.1 Å². The lowest BCUT2D eigenvalue weighted by atomic mass is 10.0. The number of benzene rings is 1. The Kier molecular flexibility index (Phi) is 4.72. The number of carboxylic acids is 1. The van der Waals surface area contributed by atoms with Crippen molar-refractivity contribution < 1.29 is 32.6 Å². The van der Waals surface area contributed by atoms with Crippen molar-refractivity contribution in [3.63, 3.8) is 0 Å². The average molecular weight is 326 g/mol. The number of methoxy groups -OCH3 is 1. The number of carbonyl (C=O) groups excluding carboxylic acids is 1.